The van der Waals surface area contributed by atoms with Crippen LogP contribution in [-0.4, -0.2) is 43.4 Å². The highest BCUT2D eigenvalue weighted by Crippen LogP contribution is 2.30. The summed E-state index contributed by atoms with van der Waals surface area (Å²) >= 11 is 0. The summed E-state index contributed by atoms with van der Waals surface area (Å²) in [6, 6.07) is 7.68. The second kappa shape index (κ2) is 7.80. The molecular weight excluding hydrogens is 370 g/mol. The SMILES string of the molecule is Cc1ccc(S(=O)(=O)N2CCC(NCC3CC3)CC2)c2cccnc12.Cl. The molecule has 0 spiro atoms. The number of nitrogens with one attached hydrogen (secondary N) is 1. The molecular formula is C19H26ClN3O2S. The number of fused-ring (bicyclic) bond motifs is 1. The summed E-state index contributed by atoms with van der Waals surface area (Å²) in [5, 5.41) is 4.32. The fourth-order valence-corrected chi connectivity index (χ4v) is 5.26. The predicted octanol–water partition coefficient (Wildman–Crippen LogP) is 3.12. The van der Waals surface area contributed by atoms with Crippen molar-refractivity contribution >= 4 is 33.3 Å². The molecule has 0 unspecified atom stereocenters. The molecule has 1 saturated carbocycles. The van der Waals surface area contributed by atoms with E-state index in [4.69, 9.17) is 0 Å². The maximum Gasteiger partial charge on any atom is 0.243 e. The average molecular weight is 396 g/mol. The first-order chi connectivity index (χ1) is 12.1. The largest absolute Gasteiger partial charge is 0.314 e. The minimum absolute atomic E-state index is 0. The molecule has 26 heavy (non-hydrogen) atoms. The number of aromatic nitrogens is 1. The molecule has 1 N–H and O–H groups in total. The molecule has 2 fully saturated rings. The van der Waals surface area contributed by atoms with Crippen LogP contribution in [0.2, 0.25) is 0 Å². The molecule has 1 aromatic heterocycles. The predicted molar refractivity (Wildman–Crippen MR) is 106 cm³/mol. The molecule has 1 aromatic carbocycles. The number of aryl methyl sites for hydroxylation is 1. The third-order valence-electron chi connectivity index (χ3n) is 5.40. The highest BCUT2D eigenvalue weighted by molar-refractivity contribution is 7.89. The summed E-state index contributed by atoms with van der Waals surface area (Å²) < 4.78 is 28.0. The Bertz CT molecular complexity index is 875. The number of hydrogen-bond donors (Lipinski definition) is 1. The van der Waals surface area contributed by atoms with E-state index >= 15 is 0 Å². The first-order valence-electron chi connectivity index (χ1n) is 9.13. The standard InChI is InChI=1S/C19H25N3O2S.ClH/c1-14-4-7-18(17-3-2-10-20-19(14)17)25(23,24)22-11-8-16(9-12-22)21-13-15-5-6-15;/h2-4,7,10,15-16,21H,5-6,8-9,11-13H2,1H3;1H. The molecule has 2 aromatic rings. The van der Waals surface area contributed by atoms with Crippen molar-refractivity contribution in [3.8, 4) is 0 Å². The Kier molecular flexibility index (Phi) is 5.87. The van der Waals surface area contributed by atoms with E-state index < -0.39 is 10.0 Å². The van der Waals surface area contributed by atoms with E-state index in [1.165, 1.54) is 12.8 Å². The number of halogens is 1. The topological polar surface area (TPSA) is 62.3 Å². The minimum atomic E-state index is -3.48. The summed E-state index contributed by atoms with van der Waals surface area (Å²) in [5.74, 6) is 0.855. The quantitative estimate of drug-likeness (QED) is 0.844. The van der Waals surface area contributed by atoms with Crippen LogP contribution in [-0.2, 0) is 10.0 Å². The molecule has 0 amide bonds. The molecule has 0 radical (unpaired) electrons. The summed E-state index contributed by atoms with van der Waals surface area (Å²) in [6.45, 7) is 4.22. The van der Waals surface area contributed by atoms with Gasteiger partial charge < -0.3 is 5.32 Å². The molecule has 7 heteroatoms. The Morgan fingerprint density at radius 1 is 1.15 bits per heavy atom. The number of nitrogens with zero attached hydrogens (tertiary/aromatic N) is 2. The smallest absolute Gasteiger partial charge is 0.243 e. The zero-order valence-corrected chi connectivity index (χ0v) is 16.7. The Hall–Kier alpha value is -1.21. The van der Waals surface area contributed by atoms with Crippen LogP contribution in [0.1, 0.15) is 31.2 Å². The Labute approximate surface area is 161 Å². The number of piperidine rings is 1. The van der Waals surface area contributed by atoms with Gasteiger partial charge in [0.25, 0.3) is 0 Å². The van der Waals surface area contributed by atoms with E-state index in [0.29, 0.717) is 24.0 Å². The maximum atomic E-state index is 13.2. The number of sulfonamides is 1. The van der Waals surface area contributed by atoms with Crippen LogP contribution in [0.5, 0.6) is 0 Å². The lowest BCUT2D eigenvalue weighted by atomic mass is 10.1. The molecule has 142 valence electrons. The van der Waals surface area contributed by atoms with Crippen molar-refractivity contribution in [3.05, 3.63) is 36.0 Å². The van der Waals surface area contributed by atoms with E-state index in [0.717, 1.165) is 41.8 Å². The molecule has 2 heterocycles. The van der Waals surface area contributed by atoms with Crippen LogP contribution < -0.4 is 5.32 Å². The van der Waals surface area contributed by atoms with Crippen molar-refractivity contribution in [2.24, 2.45) is 5.92 Å². The van der Waals surface area contributed by atoms with Gasteiger partial charge in [0.05, 0.1) is 10.4 Å². The Morgan fingerprint density at radius 3 is 2.58 bits per heavy atom. The van der Waals surface area contributed by atoms with E-state index in [2.05, 4.69) is 10.3 Å². The summed E-state index contributed by atoms with van der Waals surface area (Å²) in [4.78, 5) is 4.75. The van der Waals surface area contributed by atoms with Crippen LogP contribution in [0, 0.1) is 12.8 Å². The number of hydrogen-bond acceptors (Lipinski definition) is 4. The summed E-state index contributed by atoms with van der Waals surface area (Å²) in [5.41, 5.74) is 1.77. The van der Waals surface area contributed by atoms with Crippen LogP contribution in [0.15, 0.2) is 35.4 Å². The van der Waals surface area contributed by atoms with Crippen molar-refractivity contribution in [2.75, 3.05) is 19.6 Å². The normalized spacial score (nSPS) is 19.4. The van der Waals surface area contributed by atoms with Gasteiger partial charge >= 0.3 is 0 Å². The first kappa shape index (κ1) is 19.5. The molecule has 0 bridgehead atoms. The van der Waals surface area contributed by atoms with Crippen molar-refractivity contribution in [1.82, 2.24) is 14.6 Å². The van der Waals surface area contributed by atoms with E-state index in [-0.39, 0.29) is 12.4 Å². The number of pyridine rings is 1. The van der Waals surface area contributed by atoms with Gasteiger partial charge in [0.1, 0.15) is 0 Å². The third kappa shape index (κ3) is 3.88. The van der Waals surface area contributed by atoms with Crippen molar-refractivity contribution in [3.63, 3.8) is 0 Å². The molecule has 1 aliphatic heterocycles. The van der Waals surface area contributed by atoms with Gasteiger partial charge in [-0.25, -0.2) is 8.42 Å². The lowest BCUT2D eigenvalue weighted by Crippen LogP contribution is -2.45. The van der Waals surface area contributed by atoms with Gasteiger partial charge in [0.2, 0.25) is 10.0 Å². The van der Waals surface area contributed by atoms with Gasteiger partial charge in [-0.15, -0.1) is 12.4 Å². The summed E-state index contributed by atoms with van der Waals surface area (Å²) in [7, 11) is -3.48. The van der Waals surface area contributed by atoms with Crippen LogP contribution in [0.4, 0.5) is 0 Å². The molecule has 0 atom stereocenters. The second-order valence-corrected chi connectivity index (χ2v) is 9.22. The monoisotopic (exact) mass is 395 g/mol. The van der Waals surface area contributed by atoms with Gasteiger partial charge in [0, 0.05) is 30.7 Å². The van der Waals surface area contributed by atoms with Gasteiger partial charge in [-0.1, -0.05) is 6.07 Å². The Morgan fingerprint density at radius 2 is 1.88 bits per heavy atom. The van der Waals surface area contributed by atoms with Crippen LogP contribution in [0.3, 0.4) is 0 Å². The van der Waals surface area contributed by atoms with Crippen LogP contribution >= 0.6 is 12.4 Å². The van der Waals surface area contributed by atoms with Gasteiger partial charge in [-0.3, -0.25) is 4.98 Å². The zero-order valence-electron chi connectivity index (χ0n) is 15.0. The number of rotatable bonds is 5. The summed E-state index contributed by atoms with van der Waals surface area (Å²) in [6.07, 6.45) is 6.16. The first-order valence-corrected chi connectivity index (χ1v) is 10.6. The second-order valence-electron chi connectivity index (χ2n) is 7.31. The lowest BCUT2D eigenvalue weighted by Gasteiger charge is -2.32. The minimum Gasteiger partial charge on any atom is -0.314 e. The van der Waals surface area contributed by atoms with E-state index in [1.54, 1.807) is 22.6 Å². The van der Waals surface area contributed by atoms with Gasteiger partial charge in [-0.05, 0) is 68.8 Å². The van der Waals surface area contributed by atoms with Crippen LogP contribution in [0.25, 0.3) is 10.9 Å². The van der Waals surface area contributed by atoms with Gasteiger partial charge in [-0.2, -0.15) is 4.31 Å². The molecule has 1 saturated heterocycles. The zero-order chi connectivity index (χ0) is 17.4. The van der Waals surface area contributed by atoms with Crippen molar-refractivity contribution < 1.29 is 8.42 Å². The maximum absolute atomic E-state index is 13.2. The molecule has 5 nitrogen and oxygen atoms in total. The molecule has 2 aliphatic rings. The van der Waals surface area contributed by atoms with E-state index in [9.17, 15) is 8.42 Å². The highest BCUT2D eigenvalue weighted by Gasteiger charge is 2.31. The van der Waals surface area contributed by atoms with Crippen molar-refractivity contribution in [1.29, 1.82) is 0 Å². The average Bonchev–Trinajstić information content (AvgIpc) is 3.45. The highest BCUT2D eigenvalue weighted by atomic mass is 35.5. The molecule has 1 aliphatic carbocycles. The Balaban J connectivity index is 0.00000196. The third-order valence-corrected chi connectivity index (χ3v) is 7.35. The lowest BCUT2D eigenvalue weighted by molar-refractivity contribution is 0.288. The molecule has 4 rings (SSSR count). The van der Waals surface area contributed by atoms with E-state index in [1.807, 2.05) is 19.1 Å². The fraction of sp³-hybridized carbons (Fsp3) is 0.526. The van der Waals surface area contributed by atoms with Crippen molar-refractivity contribution in [2.45, 2.75) is 43.5 Å². The fourth-order valence-electron chi connectivity index (χ4n) is 3.61. The van der Waals surface area contributed by atoms with Gasteiger partial charge in [0.15, 0.2) is 0 Å². The number of benzene rings is 1.